The molecule has 0 heterocycles. The van der Waals surface area contributed by atoms with E-state index in [2.05, 4.69) is 5.32 Å². The van der Waals surface area contributed by atoms with Gasteiger partial charge in [-0.1, -0.05) is 0 Å². The highest BCUT2D eigenvalue weighted by molar-refractivity contribution is 5.85. The molecule has 1 saturated carbocycles. The van der Waals surface area contributed by atoms with Crippen LogP contribution < -0.4 is 11.1 Å². The number of carboxylic acids is 1. The second-order valence-corrected chi connectivity index (χ2v) is 5.49. The quantitative estimate of drug-likeness (QED) is 0.677. The molecule has 0 atom stereocenters. The first-order chi connectivity index (χ1) is 7.80. The van der Waals surface area contributed by atoms with Crippen LogP contribution in [0.5, 0.6) is 0 Å². The number of hydrogen-bond donors (Lipinski definition) is 3. The number of aliphatic carboxylic acids is 1. The van der Waals surface area contributed by atoms with Crippen molar-refractivity contribution in [2.75, 3.05) is 6.54 Å². The van der Waals surface area contributed by atoms with Crippen molar-refractivity contribution in [2.24, 2.45) is 17.6 Å². The first-order valence-electron chi connectivity index (χ1n) is 6.10. The van der Waals surface area contributed by atoms with E-state index < -0.39 is 11.5 Å². The topological polar surface area (TPSA) is 92.4 Å². The number of carboxylic acid groups (broad SMARTS) is 1. The minimum atomic E-state index is -0.849. The summed E-state index contributed by atoms with van der Waals surface area (Å²) >= 11 is 0. The Morgan fingerprint density at radius 3 is 2.24 bits per heavy atom. The summed E-state index contributed by atoms with van der Waals surface area (Å²) in [5, 5.41) is 11.7. The first kappa shape index (κ1) is 14.0. The number of hydrogen-bond acceptors (Lipinski definition) is 3. The number of nitrogens with two attached hydrogens (primary N) is 1. The maximum atomic E-state index is 11.5. The van der Waals surface area contributed by atoms with Crippen molar-refractivity contribution in [3.05, 3.63) is 0 Å². The van der Waals surface area contributed by atoms with Gasteiger partial charge in [-0.05, 0) is 45.4 Å². The summed E-state index contributed by atoms with van der Waals surface area (Å²) in [6.07, 6.45) is 3.15. The smallest absolute Gasteiger partial charge is 0.306 e. The first-order valence-corrected chi connectivity index (χ1v) is 6.10. The molecule has 1 rings (SSSR count). The van der Waals surface area contributed by atoms with Crippen LogP contribution >= 0.6 is 0 Å². The molecule has 1 aliphatic rings. The van der Waals surface area contributed by atoms with E-state index in [-0.39, 0.29) is 11.8 Å². The van der Waals surface area contributed by atoms with E-state index in [1.165, 1.54) is 0 Å². The molecule has 98 valence electrons. The molecule has 0 bridgehead atoms. The Morgan fingerprint density at radius 2 is 1.82 bits per heavy atom. The molecule has 0 aliphatic heterocycles. The normalized spacial score (nSPS) is 25.4. The SMILES string of the molecule is CC(C)(N)C(=O)NCC1CCC(C(=O)O)CC1. The van der Waals surface area contributed by atoms with Crippen LogP contribution in [0.25, 0.3) is 0 Å². The second kappa shape index (κ2) is 5.49. The average Bonchev–Trinajstić information content (AvgIpc) is 2.25. The Hall–Kier alpha value is -1.10. The van der Waals surface area contributed by atoms with Crippen LogP contribution in [-0.2, 0) is 9.59 Å². The van der Waals surface area contributed by atoms with E-state index >= 15 is 0 Å². The Bertz CT molecular complexity index is 289. The van der Waals surface area contributed by atoms with Gasteiger partial charge in [0.2, 0.25) is 5.91 Å². The number of amides is 1. The highest BCUT2D eigenvalue weighted by atomic mass is 16.4. The zero-order valence-corrected chi connectivity index (χ0v) is 10.5. The minimum Gasteiger partial charge on any atom is -0.481 e. The summed E-state index contributed by atoms with van der Waals surface area (Å²) in [5.41, 5.74) is 4.82. The third-order valence-electron chi connectivity index (χ3n) is 3.33. The molecule has 0 saturated heterocycles. The number of carbonyl (C=O) groups is 2. The van der Waals surface area contributed by atoms with Gasteiger partial charge in [-0.25, -0.2) is 0 Å². The van der Waals surface area contributed by atoms with Gasteiger partial charge in [0, 0.05) is 6.54 Å². The summed E-state index contributed by atoms with van der Waals surface area (Å²) in [6.45, 7) is 3.94. The summed E-state index contributed by atoms with van der Waals surface area (Å²) in [7, 11) is 0. The monoisotopic (exact) mass is 242 g/mol. The fraction of sp³-hybridized carbons (Fsp3) is 0.833. The van der Waals surface area contributed by atoms with Crippen LogP contribution in [0, 0.1) is 11.8 Å². The van der Waals surface area contributed by atoms with Crippen LogP contribution in [-0.4, -0.2) is 29.1 Å². The summed E-state index contributed by atoms with van der Waals surface area (Å²) in [6, 6.07) is 0. The van der Waals surface area contributed by atoms with Crippen molar-refractivity contribution in [3.8, 4) is 0 Å². The average molecular weight is 242 g/mol. The molecule has 0 unspecified atom stereocenters. The van der Waals surface area contributed by atoms with Crippen molar-refractivity contribution in [3.63, 3.8) is 0 Å². The zero-order chi connectivity index (χ0) is 13.1. The van der Waals surface area contributed by atoms with Gasteiger partial charge in [0.1, 0.15) is 0 Å². The standard InChI is InChI=1S/C12H22N2O3/c1-12(2,13)11(17)14-7-8-3-5-9(6-4-8)10(15)16/h8-9H,3-7,13H2,1-2H3,(H,14,17)(H,15,16). The van der Waals surface area contributed by atoms with E-state index in [9.17, 15) is 9.59 Å². The van der Waals surface area contributed by atoms with Crippen LogP contribution in [0.2, 0.25) is 0 Å². The summed E-state index contributed by atoms with van der Waals surface area (Å²) in [4.78, 5) is 22.3. The highest BCUT2D eigenvalue weighted by Crippen LogP contribution is 2.28. The van der Waals surface area contributed by atoms with Crippen LogP contribution in [0.1, 0.15) is 39.5 Å². The predicted molar refractivity (Wildman–Crippen MR) is 64.4 cm³/mol. The van der Waals surface area contributed by atoms with Crippen molar-refractivity contribution < 1.29 is 14.7 Å². The molecule has 1 fully saturated rings. The molecule has 5 nitrogen and oxygen atoms in total. The lowest BCUT2D eigenvalue weighted by atomic mass is 9.82. The Labute approximate surface area is 102 Å². The Kier molecular flexibility index (Phi) is 4.51. The van der Waals surface area contributed by atoms with Gasteiger partial charge in [0.15, 0.2) is 0 Å². The maximum Gasteiger partial charge on any atom is 0.306 e. The molecule has 4 N–H and O–H groups in total. The van der Waals surface area contributed by atoms with E-state index in [4.69, 9.17) is 10.8 Å². The van der Waals surface area contributed by atoms with Crippen LogP contribution in [0.4, 0.5) is 0 Å². The lowest BCUT2D eigenvalue weighted by molar-refractivity contribution is -0.143. The minimum absolute atomic E-state index is 0.155. The lowest BCUT2D eigenvalue weighted by Gasteiger charge is -2.27. The van der Waals surface area contributed by atoms with Gasteiger partial charge in [0.05, 0.1) is 11.5 Å². The van der Waals surface area contributed by atoms with E-state index in [1.54, 1.807) is 13.8 Å². The van der Waals surface area contributed by atoms with Gasteiger partial charge in [0.25, 0.3) is 0 Å². The second-order valence-electron chi connectivity index (χ2n) is 5.49. The maximum absolute atomic E-state index is 11.5. The Balaban J connectivity index is 2.28. The fourth-order valence-electron chi connectivity index (χ4n) is 2.08. The molecule has 5 heteroatoms. The zero-order valence-electron chi connectivity index (χ0n) is 10.5. The van der Waals surface area contributed by atoms with E-state index in [1.807, 2.05) is 0 Å². The van der Waals surface area contributed by atoms with Gasteiger partial charge in [-0.3, -0.25) is 9.59 Å². The predicted octanol–water partition coefficient (Wildman–Crippen LogP) is 0.731. The number of nitrogens with one attached hydrogen (secondary N) is 1. The van der Waals surface area contributed by atoms with Crippen LogP contribution in [0.3, 0.4) is 0 Å². The van der Waals surface area contributed by atoms with Crippen molar-refractivity contribution >= 4 is 11.9 Å². The molecule has 1 amide bonds. The van der Waals surface area contributed by atoms with Gasteiger partial charge >= 0.3 is 5.97 Å². The molecule has 0 radical (unpaired) electrons. The molecule has 0 spiro atoms. The molecular weight excluding hydrogens is 220 g/mol. The summed E-state index contributed by atoms with van der Waals surface area (Å²) < 4.78 is 0. The van der Waals surface area contributed by atoms with Gasteiger partial charge in [-0.2, -0.15) is 0 Å². The molecule has 0 aromatic carbocycles. The number of carbonyl (C=O) groups excluding carboxylic acids is 1. The largest absolute Gasteiger partial charge is 0.481 e. The number of rotatable bonds is 4. The highest BCUT2D eigenvalue weighted by Gasteiger charge is 2.27. The van der Waals surface area contributed by atoms with Gasteiger partial charge < -0.3 is 16.2 Å². The van der Waals surface area contributed by atoms with E-state index in [0.29, 0.717) is 25.3 Å². The fourth-order valence-corrected chi connectivity index (χ4v) is 2.08. The van der Waals surface area contributed by atoms with Gasteiger partial charge in [-0.15, -0.1) is 0 Å². The molecule has 17 heavy (non-hydrogen) atoms. The third-order valence-corrected chi connectivity index (χ3v) is 3.33. The van der Waals surface area contributed by atoms with E-state index in [0.717, 1.165) is 12.8 Å². The van der Waals surface area contributed by atoms with Crippen LogP contribution in [0.15, 0.2) is 0 Å². The third kappa shape index (κ3) is 4.34. The molecular formula is C12H22N2O3. The lowest BCUT2D eigenvalue weighted by Crippen LogP contribution is -2.50. The molecule has 0 aromatic heterocycles. The molecule has 0 aromatic rings. The van der Waals surface area contributed by atoms with Crippen molar-refractivity contribution in [1.82, 2.24) is 5.32 Å². The Morgan fingerprint density at radius 1 is 1.29 bits per heavy atom. The molecule has 1 aliphatic carbocycles. The summed E-state index contributed by atoms with van der Waals surface area (Å²) in [5.74, 6) is -0.668. The van der Waals surface area contributed by atoms with Crippen molar-refractivity contribution in [1.29, 1.82) is 0 Å². The van der Waals surface area contributed by atoms with Crippen molar-refractivity contribution in [2.45, 2.75) is 45.1 Å².